The van der Waals surface area contributed by atoms with Gasteiger partial charge in [0.25, 0.3) is 0 Å². The predicted molar refractivity (Wildman–Crippen MR) is 88.2 cm³/mol. The highest BCUT2D eigenvalue weighted by molar-refractivity contribution is 5.87. The van der Waals surface area contributed by atoms with Crippen molar-refractivity contribution >= 4 is 17.6 Å². The Bertz CT molecular complexity index is 811. The Hall–Kier alpha value is -3.23. The molecular formula is C16H18N4O5. The number of benzene rings is 1. The van der Waals surface area contributed by atoms with Crippen LogP contribution in [0.3, 0.4) is 0 Å². The summed E-state index contributed by atoms with van der Waals surface area (Å²) in [6, 6.07) is 6.21. The minimum absolute atomic E-state index is 0.0288. The molecule has 1 heterocycles. The average Bonchev–Trinajstić information content (AvgIpc) is 2.85. The molecule has 0 radical (unpaired) electrons. The number of aromatic carboxylic acids is 1. The molecule has 1 amide bonds. The second-order valence-corrected chi connectivity index (χ2v) is 5.53. The van der Waals surface area contributed by atoms with Gasteiger partial charge < -0.3 is 10.4 Å². The van der Waals surface area contributed by atoms with Crippen LogP contribution in [0.15, 0.2) is 24.3 Å². The fourth-order valence-corrected chi connectivity index (χ4v) is 2.43. The van der Waals surface area contributed by atoms with Crippen molar-refractivity contribution in [3.8, 4) is 0 Å². The fraction of sp³-hybridized carbons (Fsp3) is 0.312. The molecule has 9 nitrogen and oxygen atoms in total. The molecule has 2 aromatic rings. The molecule has 0 aliphatic carbocycles. The van der Waals surface area contributed by atoms with Gasteiger partial charge in [-0.2, -0.15) is 5.10 Å². The van der Waals surface area contributed by atoms with E-state index >= 15 is 0 Å². The standard InChI is InChI=1S/C16H18N4O5/c1-10-15(20(24)25)11(2)19(18-10)8-7-14(21)17-9-12-3-5-13(6-4-12)16(22)23/h3-6H,7-9H2,1-2H3,(H,17,21)(H,22,23). The van der Waals surface area contributed by atoms with Crippen molar-refractivity contribution in [3.63, 3.8) is 0 Å². The predicted octanol–water partition coefficient (Wildman–Crippen LogP) is 1.81. The third-order valence-corrected chi connectivity index (χ3v) is 3.77. The maximum absolute atomic E-state index is 11.9. The van der Waals surface area contributed by atoms with Crippen molar-refractivity contribution < 1.29 is 19.6 Å². The summed E-state index contributed by atoms with van der Waals surface area (Å²) in [7, 11) is 0. The van der Waals surface area contributed by atoms with Crippen LogP contribution in [-0.4, -0.2) is 31.7 Å². The molecule has 9 heteroatoms. The number of hydrogen-bond acceptors (Lipinski definition) is 5. The molecule has 2 N–H and O–H groups in total. The van der Waals surface area contributed by atoms with E-state index in [1.165, 1.54) is 16.8 Å². The smallest absolute Gasteiger partial charge is 0.335 e. The number of amides is 1. The summed E-state index contributed by atoms with van der Waals surface area (Å²) in [6.07, 6.45) is 0.131. The summed E-state index contributed by atoms with van der Waals surface area (Å²) in [5.41, 5.74) is 1.67. The summed E-state index contributed by atoms with van der Waals surface area (Å²) in [5, 5.41) is 26.6. The number of rotatable bonds is 7. The summed E-state index contributed by atoms with van der Waals surface area (Å²) < 4.78 is 1.45. The Balaban J connectivity index is 1.88. The van der Waals surface area contributed by atoms with Gasteiger partial charge in [-0.1, -0.05) is 12.1 Å². The topological polar surface area (TPSA) is 127 Å². The molecule has 0 aliphatic heterocycles. The van der Waals surface area contributed by atoms with E-state index in [1.807, 2.05) is 0 Å². The Morgan fingerprint density at radius 2 is 1.92 bits per heavy atom. The van der Waals surface area contributed by atoms with Gasteiger partial charge in [0, 0.05) is 13.0 Å². The summed E-state index contributed by atoms with van der Waals surface area (Å²) in [5.74, 6) is -1.23. The summed E-state index contributed by atoms with van der Waals surface area (Å²) >= 11 is 0. The zero-order valence-electron chi connectivity index (χ0n) is 13.9. The molecule has 0 bridgehead atoms. The number of nitro groups is 1. The first-order chi connectivity index (χ1) is 11.8. The van der Waals surface area contributed by atoms with E-state index in [0.717, 1.165) is 5.56 Å². The number of nitrogens with one attached hydrogen (secondary N) is 1. The minimum atomic E-state index is -1.01. The van der Waals surface area contributed by atoms with Crippen LogP contribution < -0.4 is 5.32 Å². The van der Waals surface area contributed by atoms with Gasteiger partial charge in [0.05, 0.1) is 17.0 Å². The Labute approximate surface area is 143 Å². The van der Waals surface area contributed by atoms with Crippen molar-refractivity contribution in [3.05, 3.63) is 56.9 Å². The molecule has 0 aliphatic rings. The molecule has 0 fully saturated rings. The van der Waals surface area contributed by atoms with Crippen LogP contribution in [0.5, 0.6) is 0 Å². The van der Waals surface area contributed by atoms with E-state index in [0.29, 0.717) is 11.4 Å². The van der Waals surface area contributed by atoms with E-state index < -0.39 is 10.9 Å². The highest BCUT2D eigenvalue weighted by atomic mass is 16.6. The molecule has 1 aromatic heterocycles. The van der Waals surface area contributed by atoms with E-state index in [9.17, 15) is 19.7 Å². The lowest BCUT2D eigenvalue weighted by Crippen LogP contribution is -2.24. The summed E-state index contributed by atoms with van der Waals surface area (Å²) in [4.78, 5) is 33.2. The van der Waals surface area contributed by atoms with Gasteiger partial charge in [-0.05, 0) is 31.5 Å². The van der Waals surface area contributed by atoms with Crippen molar-refractivity contribution in [1.82, 2.24) is 15.1 Å². The second-order valence-electron chi connectivity index (χ2n) is 5.53. The number of nitrogens with zero attached hydrogens (tertiary/aromatic N) is 3. The SMILES string of the molecule is Cc1nn(CCC(=O)NCc2ccc(C(=O)O)cc2)c(C)c1[N+](=O)[O-]. The highest BCUT2D eigenvalue weighted by Gasteiger charge is 2.21. The van der Waals surface area contributed by atoms with Crippen LogP contribution in [0.4, 0.5) is 5.69 Å². The van der Waals surface area contributed by atoms with Crippen molar-refractivity contribution in [2.75, 3.05) is 0 Å². The number of carboxylic acids is 1. The highest BCUT2D eigenvalue weighted by Crippen LogP contribution is 2.21. The third kappa shape index (κ3) is 4.40. The molecule has 1 aromatic carbocycles. The molecule has 0 saturated carbocycles. The Kier molecular flexibility index (Phi) is 5.48. The lowest BCUT2D eigenvalue weighted by atomic mass is 10.1. The molecule has 25 heavy (non-hydrogen) atoms. The van der Waals surface area contributed by atoms with Crippen LogP contribution in [-0.2, 0) is 17.9 Å². The van der Waals surface area contributed by atoms with E-state index in [-0.39, 0.29) is 36.7 Å². The number of aryl methyl sites for hydroxylation is 2. The van der Waals surface area contributed by atoms with E-state index in [2.05, 4.69) is 10.4 Å². The largest absolute Gasteiger partial charge is 0.478 e. The number of hydrogen-bond donors (Lipinski definition) is 2. The third-order valence-electron chi connectivity index (χ3n) is 3.77. The van der Waals surface area contributed by atoms with E-state index in [1.54, 1.807) is 26.0 Å². The Morgan fingerprint density at radius 1 is 1.28 bits per heavy atom. The normalized spacial score (nSPS) is 10.5. The first-order valence-electron chi connectivity index (χ1n) is 7.57. The molecular weight excluding hydrogens is 328 g/mol. The van der Waals surface area contributed by atoms with E-state index in [4.69, 9.17) is 5.11 Å². The van der Waals surface area contributed by atoms with Gasteiger partial charge in [0.15, 0.2) is 0 Å². The monoisotopic (exact) mass is 346 g/mol. The maximum atomic E-state index is 11.9. The van der Waals surface area contributed by atoms with Crippen molar-refractivity contribution in [1.29, 1.82) is 0 Å². The number of carbonyl (C=O) groups excluding carboxylic acids is 1. The first-order valence-corrected chi connectivity index (χ1v) is 7.57. The molecule has 132 valence electrons. The van der Waals surface area contributed by atoms with Crippen molar-refractivity contribution in [2.24, 2.45) is 0 Å². The van der Waals surface area contributed by atoms with Gasteiger partial charge in [-0.25, -0.2) is 4.79 Å². The van der Waals surface area contributed by atoms with Crippen LogP contribution >= 0.6 is 0 Å². The summed E-state index contributed by atoms with van der Waals surface area (Å²) in [6.45, 7) is 3.67. The fourth-order valence-electron chi connectivity index (χ4n) is 2.43. The van der Waals surface area contributed by atoms with Gasteiger partial charge in [0.1, 0.15) is 11.4 Å². The van der Waals surface area contributed by atoms with Crippen LogP contribution in [0, 0.1) is 24.0 Å². The van der Waals surface area contributed by atoms with Gasteiger partial charge in [0.2, 0.25) is 5.91 Å². The number of aromatic nitrogens is 2. The second kappa shape index (κ2) is 7.56. The number of carboxylic acid groups (broad SMARTS) is 1. The molecule has 0 saturated heterocycles. The van der Waals surface area contributed by atoms with Gasteiger partial charge >= 0.3 is 11.7 Å². The minimum Gasteiger partial charge on any atom is -0.478 e. The molecule has 2 rings (SSSR count). The quantitative estimate of drug-likeness (QED) is 0.581. The lowest BCUT2D eigenvalue weighted by molar-refractivity contribution is -0.386. The van der Waals surface area contributed by atoms with Crippen LogP contribution in [0.25, 0.3) is 0 Å². The van der Waals surface area contributed by atoms with Crippen LogP contribution in [0.1, 0.15) is 33.7 Å². The Morgan fingerprint density at radius 3 is 2.44 bits per heavy atom. The lowest BCUT2D eigenvalue weighted by Gasteiger charge is -2.07. The van der Waals surface area contributed by atoms with Crippen LogP contribution in [0.2, 0.25) is 0 Å². The number of carbonyl (C=O) groups is 2. The molecule has 0 unspecified atom stereocenters. The molecule has 0 atom stereocenters. The van der Waals surface area contributed by atoms with Crippen molar-refractivity contribution in [2.45, 2.75) is 33.4 Å². The molecule has 0 spiro atoms. The zero-order valence-corrected chi connectivity index (χ0v) is 13.9. The maximum Gasteiger partial charge on any atom is 0.335 e. The van der Waals surface area contributed by atoms with Gasteiger partial charge in [-0.3, -0.25) is 19.6 Å². The average molecular weight is 346 g/mol. The first kappa shape index (κ1) is 18.1. The van der Waals surface area contributed by atoms with Gasteiger partial charge in [-0.15, -0.1) is 0 Å². The zero-order chi connectivity index (χ0) is 18.6.